The molecular weight excluding hydrogens is 248 g/mol. The van der Waals surface area contributed by atoms with Gasteiger partial charge in [0, 0.05) is 11.1 Å². The Bertz CT molecular complexity index is 745. The van der Waals surface area contributed by atoms with Crippen LogP contribution in [0.4, 0.5) is 0 Å². The minimum absolute atomic E-state index is 0.674. The molecule has 0 aliphatic carbocycles. The number of nitrogens with zero attached hydrogens (tertiary/aromatic N) is 2. The first-order valence-corrected chi connectivity index (χ1v) is 6.45. The maximum absolute atomic E-state index is 11.3. The van der Waals surface area contributed by atoms with E-state index in [2.05, 4.69) is 5.10 Å². The summed E-state index contributed by atoms with van der Waals surface area (Å²) < 4.78 is 1.85. The van der Waals surface area contributed by atoms with Crippen molar-refractivity contribution in [1.29, 1.82) is 0 Å². The van der Waals surface area contributed by atoms with E-state index >= 15 is 0 Å². The van der Waals surface area contributed by atoms with Gasteiger partial charge in [-0.15, -0.1) is 0 Å². The molecule has 0 bridgehead atoms. The van der Waals surface area contributed by atoms with Crippen molar-refractivity contribution in [3.8, 4) is 16.9 Å². The maximum atomic E-state index is 11.3. The highest BCUT2D eigenvalue weighted by atomic mass is 16.1. The number of aryl methyl sites for hydroxylation is 1. The molecule has 0 atom stereocenters. The molecule has 3 nitrogen and oxygen atoms in total. The quantitative estimate of drug-likeness (QED) is 0.675. The molecule has 0 unspecified atom stereocenters. The summed E-state index contributed by atoms with van der Waals surface area (Å²) in [4.78, 5) is 11.3. The van der Waals surface area contributed by atoms with Crippen molar-refractivity contribution in [2.24, 2.45) is 0 Å². The fourth-order valence-corrected chi connectivity index (χ4v) is 2.28. The van der Waals surface area contributed by atoms with Crippen molar-refractivity contribution in [2.75, 3.05) is 0 Å². The van der Waals surface area contributed by atoms with Crippen LogP contribution in [0.15, 0.2) is 60.8 Å². The first kappa shape index (κ1) is 12.4. The van der Waals surface area contributed by atoms with E-state index in [1.54, 1.807) is 6.20 Å². The number of hydrogen-bond donors (Lipinski definition) is 0. The smallest absolute Gasteiger partial charge is 0.150 e. The summed E-state index contributed by atoms with van der Waals surface area (Å²) >= 11 is 0. The van der Waals surface area contributed by atoms with Crippen LogP contribution in [0, 0.1) is 6.92 Å². The van der Waals surface area contributed by atoms with E-state index in [9.17, 15) is 4.79 Å². The number of para-hydroxylation sites is 1. The molecule has 0 radical (unpaired) electrons. The van der Waals surface area contributed by atoms with Crippen molar-refractivity contribution >= 4 is 6.29 Å². The lowest BCUT2D eigenvalue weighted by molar-refractivity contribution is 0.112. The van der Waals surface area contributed by atoms with Crippen LogP contribution in [-0.4, -0.2) is 16.1 Å². The van der Waals surface area contributed by atoms with Crippen molar-refractivity contribution in [3.63, 3.8) is 0 Å². The van der Waals surface area contributed by atoms with Gasteiger partial charge in [0.2, 0.25) is 0 Å². The summed E-state index contributed by atoms with van der Waals surface area (Å²) in [6.45, 7) is 2.02. The third kappa shape index (κ3) is 2.14. The first-order chi connectivity index (χ1) is 9.79. The Balaban J connectivity index is 2.20. The molecule has 20 heavy (non-hydrogen) atoms. The van der Waals surface area contributed by atoms with E-state index in [1.165, 1.54) is 0 Å². The summed E-state index contributed by atoms with van der Waals surface area (Å²) in [6, 6.07) is 17.6. The van der Waals surface area contributed by atoms with Crippen molar-refractivity contribution in [2.45, 2.75) is 6.92 Å². The van der Waals surface area contributed by atoms with E-state index in [0.29, 0.717) is 5.56 Å². The number of benzene rings is 2. The van der Waals surface area contributed by atoms with Gasteiger partial charge in [-0.2, -0.15) is 5.10 Å². The van der Waals surface area contributed by atoms with Crippen LogP contribution in [0.25, 0.3) is 16.9 Å². The fourth-order valence-electron chi connectivity index (χ4n) is 2.28. The summed E-state index contributed by atoms with van der Waals surface area (Å²) in [7, 11) is 0. The second-order valence-corrected chi connectivity index (χ2v) is 4.67. The van der Waals surface area contributed by atoms with Crippen LogP contribution >= 0.6 is 0 Å². The van der Waals surface area contributed by atoms with E-state index < -0.39 is 0 Å². The molecule has 1 heterocycles. The van der Waals surface area contributed by atoms with Crippen LogP contribution < -0.4 is 0 Å². The van der Waals surface area contributed by atoms with Gasteiger partial charge >= 0.3 is 0 Å². The van der Waals surface area contributed by atoms with Crippen molar-refractivity contribution in [1.82, 2.24) is 9.78 Å². The summed E-state index contributed by atoms with van der Waals surface area (Å²) in [6.07, 6.45) is 2.64. The number of aromatic nitrogens is 2. The van der Waals surface area contributed by atoms with Gasteiger partial charge in [-0.05, 0) is 31.2 Å². The highest BCUT2D eigenvalue weighted by Gasteiger charge is 2.11. The zero-order chi connectivity index (χ0) is 13.9. The largest absolute Gasteiger partial charge is 0.298 e. The summed E-state index contributed by atoms with van der Waals surface area (Å²) in [5.74, 6) is 0. The zero-order valence-electron chi connectivity index (χ0n) is 11.2. The number of aldehydes is 1. The fraction of sp³-hybridized carbons (Fsp3) is 0.0588. The highest BCUT2D eigenvalue weighted by molar-refractivity contribution is 5.87. The van der Waals surface area contributed by atoms with Crippen LogP contribution in [0.2, 0.25) is 0 Å². The van der Waals surface area contributed by atoms with Gasteiger partial charge in [-0.1, -0.05) is 35.9 Å². The third-order valence-electron chi connectivity index (χ3n) is 3.26. The molecule has 0 spiro atoms. The molecular formula is C17H14N2O. The van der Waals surface area contributed by atoms with E-state index in [4.69, 9.17) is 0 Å². The van der Waals surface area contributed by atoms with E-state index in [-0.39, 0.29) is 0 Å². The molecule has 0 saturated carbocycles. The number of carbonyl (C=O) groups is 1. The lowest BCUT2D eigenvalue weighted by atomic mass is 10.0. The SMILES string of the molecule is Cc1ccc(C=O)c(-c2ccnn2-c2ccccc2)c1. The molecule has 3 rings (SSSR count). The van der Waals surface area contributed by atoms with E-state index in [0.717, 1.165) is 28.8 Å². The summed E-state index contributed by atoms with van der Waals surface area (Å²) in [5.41, 5.74) is 4.59. The normalized spacial score (nSPS) is 10.4. The van der Waals surface area contributed by atoms with Gasteiger partial charge in [0.05, 0.1) is 17.6 Å². The van der Waals surface area contributed by atoms with Crippen molar-refractivity contribution < 1.29 is 4.79 Å². The minimum atomic E-state index is 0.674. The zero-order valence-corrected chi connectivity index (χ0v) is 11.2. The molecule has 0 saturated heterocycles. The Morgan fingerprint density at radius 1 is 1.05 bits per heavy atom. The van der Waals surface area contributed by atoms with E-state index in [1.807, 2.05) is 66.2 Å². The van der Waals surface area contributed by atoms with Crippen LogP contribution in [0.5, 0.6) is 0 Å². The second-order valence-electron chi connectivity index (χ2n) is 4.67. The monoisotopic (exact) mass is 262 g/mol. The van der Waals surface area contributed by atoms with Gasteiger partial charge in [0.25, 0.3) is 0 Å². The molecule has 98 valence electrons. The molecule has 3 heteroatoms. The van der Waals surface area contributed by atoms with Crippen LogP contribution in [0.3, 0.4) is 0 Å². The second kappa shape index (κ2) is 5.13. The average molecular weight is 262 g/mol. The lowest BCUT2D eigenvalue weighted by Gasteiger charge is -2.10. The lowest BCUT2D eigenvalue weighted by Crippen LogP contribution is -2.00. The van der Waals surface area contributed by atoms with Crippen LogP contribution in [-0.2, 0) is 0 Å². The Labute approximate surface area is 117 Å². The van der Waals surface area contributed by atoms with Gasteiger partial charge in [0.1, 0.15) is 0 Å². The predicted octanol–water partition coefficient (Wildman–Crippen LogP) is 3.66. The first-order valence-electron chi connectivity index (χ1n) is 6.45. The molecule has 1 aromatic heterocycles. The number of rotatable bonds is 3. The molecule has 0 aliphatic heterocycles. The predicted molar refractivity (Wildman–Crippen MR) is 79.1 cm³/mol. The van der Waals surface area contributed by atoms with Gasteiger partial charge < -0.3 is 0 Å². The van der Waals surface area contributed by atoms with Gasteiger partial charge in [-0.3, -0.25) is 4.79 Å². The number of carbonyl (C=O) groups excluding carboxylic acids is 1. The van der Waals surface area contributed by atoms with Gasteiger partial charge in [-0.25, -0.2) is 4.68 Å². The average Bonchev–Trinajstić information content (AvgIpc) is 2.97. The molecule has 0 aliphatic rings. The molecule has 0 amide bonds. The standard InChI is InChI=1S/C17H14N2O/c1-13-7-8-14(12-20)16(11-13)17-9-10-18-19(17)15-5-3-2-4-6-15/h2-12H,1H3. The molecule has 0 fully saturated rings. The highest BCUT2D eigenvalue weighted by Crippen LogP contribution is 2.26. The molecule has 3 aromatic rings. The minimum Gasteiger partial charge on any atom is -0.298 e. The van der Waals surface area contributed by atoms with Crippen molar-refractivity contribution in [3.05, 3.63) is 71.9 Å². The molecule has 0 N–H and O–H groups in total. The number of hydrogen-bond acceptors (Lipinski definition) is 2. The third-order valence-corrected chi connectivity index (χ3v) is 3.26. The van der Waals surface area contributed by atoms with Gasteiger partial charge in [0.15, 0.2) is 6.29 Å². The topological polar surface area (TPSA) is 34.9 Å². The Morgan fingerprint density at radius 2 is 1.85 bits per heavy atom. The Morgan fingerprint density at radius 3 is 2.60 bits per heavy atom. The van der Waals surface area contributed by atoms with Crippen LogP contribution in [0.1, 0.15) is 15.9 Å². The molecule has 2 aromatic carbocycles. The summed E-state index contributed by atoms with van der Waals surface area (Å²) in [5, 5.41) is 4.37. The maximum Gasteiger partial charge on any atom is 0.150 e. The Kier molecular flexibility index (Phi) is 3.17. The Hall–Kier alpha value is -2.68.